The van der Waals surface area contributed by atoms with Gasteiger partial charge in [-0.3, -0.25) is 9.48 Å². The molecule has 0 radical (unpaired) electrons. The van der Waals surface area contributed by atoms with Crippen LogP contribution in [0.1, 0.15) is 16.1 Å². The summed E-state index contributed by atoms with van der Waals surface area (Å²) in [5, 5.41) is 10.0. The van der Waals surface area contributed by atoms with Gasteiger partial charge in [0.1, 0.15) is 0 Å². The molecule has 0 aliphatic heterocycles. The molecule has 0 saturated heterocycles. The molecule has 0 aliphatic carbocycles. The highest BCUT2D eigenvalue weighted by molar-refractivity contribution is 6.00. The molecule has 0 spiro atoms. The number of nitrogen functional groups attached to an aromatic ring is 1. The van der Waals surface area contributed by atoms with Crippen LogP contribution in [0.3, 0.4) is 0 Å². The Morgan fingerprint density at radius 3 is 2.68 bits per heavy atom. The fourth-order valence-corrected chi connectivity index (χ4v) is 1.87. The van der Waals surface area contributed by atoms with Crippen molar-refractivity contribution in [3.05, 3.63) is 35.7 Å². The van der Waals surface area contributed by atoms with Crippen LogP contribution in [0.2, 0.25) is 0 Å². The van der Waals surface area contributed by atoms with Crippen molar-refractivity contribution in [3.8, 4) is 0 Å². The van der Waals surface area contributed by atoms with E-state index in [1.807, 2.05) is 20.2 Å². The second kappa shape index (κ2) is 5.01. The second-order valence-electron chi connectivity index (χ2n) is 4.31. The molecule has 2 aromatic rings. The maximum atomic E-state index is 11.8. The Morgan fingerprint density at radius 2 is 2.11 bits per heavy atom. The number of benzene rings is 1. The van der Waals surface area contributed by atoms with Crippen molar-refractivity contribution in [3.63, 3.8) is 0 Å². The van der Waals surface area contributed by atoms with Crippen LogP contribution >= 0.6 is 0 Å². The Hall–Kier alpha value is -2.50. The van der Waals surface area contributed by atoms with E-state index in [0.717, 1.165) is 11.4 Å². The number of amides is 1. The summed E-state index contributed by atoms with van der Waals surface area (Å²) in [6.45, 7) is 1.90. The van der Waals surface area contributed by atoms with Crippen molar-refractivity contribution < 1.29 is 4.79 Å². The van der Waals surface area contributed by atoms with Crippen molar-refractivity contribution in [1.29, 1.82) is 0 Å². The zero-order valence-corrected chi connectivity index (χ0v) is 11.2. The Kier molecular flexibility index (Phi) is 3.41. The summed E-state index contributed by atoms with van der Waals surface area (Å²) >= 11 is 0. The minimum atomic E-state index is -0.163. The van der Waals surface area contributed by atoms with Crippen molar-refractivity contribution >= 4 is 23.0 Å². The minimum absolute atomic E-state index is 0.163. The zero-order valence-electron chi connectivity index (χ0n) is 11.2. The van der Waals surface area contributed by atoms with Crippen LogP contribution < -0.4 is 16.4 Å². The maximum absolute atomic E-state index is 11.8. The maximum Gasteiger partial charge on any atom is 0.253 e. The smallest absolute Gasteiger partial charge is 0.253 e. The number of nitrogens with one attached hydrogen (secondary N) is 2. The van der Waals surface area contributed by atoms with E-state index in [2.05, 4.69) is 15.7 Å². The molecular weight excluding hydrogens is 242 g/mol. The average molecular weight is 259 g/mol. The molecule has 100 valence electrons. The van der Waals surface area contributed by atoms with E-state index in [9.17, 15) is 4.79 Å². The number of nitrogens with zero attached hydrogens (tertiary/aromatic N) is 2. The molecule has 6 nitrogen and oxygen atoms in total. The van der Waals surface area contributed by atoms with Crippen LogP contribution in [-0.4, -0.2) is 22.7 Å². The molecule has 0 saturated carbocycles. The monoisotopic (exact) mass is 259 g/mol. The van der Waals surface area contributed by atoms with Crippen LogP contribution in [-0.2, 0) is 7.05 Å². The number of anilines is 3. The molecule has 4 N–H and O–H groups in total. The largest absolute Gasteiger partial charge is 0.399 e. The van der Waals surface area contributed by atoms with Crippen LogP contribution in [0, 0.1) is 6.92 Å². The molecule has 0 fully saturated rings. The number of hydrogen-bond acceptors (Lipinski definition) is 4. The lowest BCUT2D eigenvalue weighted by molar-refractivity contribution is 0.0964. The summed E-state index contributed by atoms with van der Waals surface area (Å²) in [4.78, 5) is 11.8. The van der Waals surface area contributed by atoms with Gasteiger partial charge in [-0.15, -0.1) is 0 Å². The summed E-state index contributed by atoms with van der Waals surface area (Å²) in [7, 11) is 3.44. The lowest BCUT2D eigenvalue weighted by atomic mass is 10.1. The number of aromatic nitrogens is 2. The number of nitrogens with two attached hydrogens (primary N) is 1. The first-order chi connectivity index (χ1) is 9.01. The van der Waals surface area contributed by atoms with Gasteiger partial charge in [0.25, 0.3) is 5.91 Å². The van der Waals surface area contributed by atoms with Crippen molar-refractivity contribution in [2.45, 2.75) is 6.92 Å². The minimum Gasteiger partial charge on any atom is -0.399 e. The van der Waals surface area contributed by atoms with Crippen LogP contribution in [0.25, 0.3) is 0 Å². The molecule has 0 unspecified atom stereocenters. The lowest BCUT2D eigenvalue weighted by Crippen LogP contribution is -2.19. The first-order valence-corrected chi connectivity index (χ1v) is 5.90. The first kappa shape index (κ1) is 12.9. The molecule has 19 heavy (non-hydrogen) atoms. The summed E-state index contributed by atoms with van der Waals surface area (Å²) in [5.74, 6) is -0.163. The lowest BCUT2D eigenvalue weighted by Gasteiger charge is -2.11. The van der Waals surface area contributed by atoms with Gasteiger partial charge in [0.15, 0.2) is 0 Å². The zero-order chi connectivity index (χ0) is 14.0. The van der Waals surface area contributed by atoms with Gasteiger partial charge in [-0.05, 0) is 25.1 Å². The number of rotatable bonds is 3. The van der Waals surface area contributed by atoms with E-state index < -0.39 is 0 Å². The average Bonchev–Trinajstić information content (AvgIpc) is 2.67. The highest BCUT2D eigenvalue weighted by atomic mass is 16.1. The first-order valence-electron chi connectivity index (χ1n) is 5.90. The molecule has 1 aromatic heterocycles. The third kappa shape index (κ3) is 2.67. The standard InChI is InChI=1S/C13H17N5O/c1-8-12(7-18(3)17-8)16-11-6-9(14)4-5-10(11)13(19)15-2/h4-7,16H,14H2,1-3H3,(H,15,19). The van der Waals surface area contributed by atoms with Crippen molar-refractivity contribution in [2.24, 2.45) is 7.05 Å². The van der Waals surface area contributed by atoms with Crippen LogP contribution in [0.4, 0.5) is 17.1 Å². The van der Waals surface area contributed by atoms with Gasteiger partial charge in [0, 0.05) is 26.0 Å². The van der Waals surface area contributed by atoms with E-state index in [0.29, 0.717) is 16.9 Å². The molecular formula is C13H17N5O. The topological polar surface area (TPSA) is 85.0 Å². The molecule has 0 atom stereocenters. The molecule has 1 amide bonds. The predicted molar refractivity (Wildman–Crippen MR) is 75.5 cm³/mol. The van der Waals surface area contributed by atoms with Gasteiger partial charge < -0.3 is 16.4 Å². The summed E-state index contributed by atoms with van der Waals surface area (Å²) in [6, 6.07) is 5.13. The van der Waals surface area contributed by atoms with Gasteiger partial charge in [-0.1, -0.05) is 0 Å². The van der Waals surface area contributed by atoms with E-state index in [1.54, 1.807) is 29.9 Å². The third-order valence-electron chi connectivity index (χ3n) is 2.80. The third-order valence-corrected chi connectivity index (χ3v) is 2.80. The summed E-state index contributed by atoms with van der Waals surface area (Å²) < 4.78 is 1.71. The van der Waals surface area contributed by atoms with Gasteiger partial charge in [0.2, 0.25) is 0 Å². The Balaban J connectivity index is 2.41. The second-order valence-corrected chi connectivity index (χ2v) is 4.31. The molecule has 0 aliphatic rings. The van der Waals surface area contributed by atoms with E-state index in [1.165, 1.54) is 0 Å². The predicted octanol–water partition coefficient (Wildman–Crippen LogP) is 1.41. The van der Waals surface area contributed by atoms with Crippen LogP contribution in [0.15, 0.2) is 24.4 Å². The highest BCUT2D eigenvalue weighted by Gasteiger charge is 2.12. The van der Waals surface area contributed by atoms with Gasteiger partial charge in [-0.25, -0.2) is 0 Å². The van der Waals surface area contributed by atoms with Gasteiger partial charge >= 0.3 is 0 Å². The molecule has 6 heteroatoms. The Labute approximate surface area is 111 Å². The molecule has 1 aromatic carbocycles. The van der Waals surface area contributed by atoms with Crippen molar-refractivity contribution in [1.82, 2.24) is 15.1 Å². The molecule has 0 bridgehead atoms. The Morgan fingerprint density at radius 1 is 1.37 bits per heavy atom. The SMILES string of the molecule is CNC(=O)c1ccc(N)cc1Nc1cn(C)nc1C. The normalized spacial score (nSPS) is 10.3. The number of carbonyl (C=O) groups is 1. The van der Waals surface area contributed by atoms with Crippen molar-refractivity contribution in [2.75, 3.05) is 18.1 Å². The molecule has 1 heterocycles. The number of carbonyl (C=O) groups excluding carboxylic acids is 1. The summed E-state index contributed by atoms with van der Waals surface area (Å²) in [6.07, 6.45) is 1.85. The van der Waals surface area contributed by atoms with E-state index in [4.69, 9.17) is 5.73 Å². The quantitative estimate of drug-likeness (QED) is 0.728. The van der Waals surface area contributed by atoms with E-state index >= 15 is 0 Å². The number of aryl methyl sites for hydroxylation is 2. The molecule has 2 rings (SSSR count). The fourth-order valence-electron chi connectivity index (χ4n) is 1.87. The highest BCUT2D eigenvalue weighted by Crippen LogP contribution is 2.25. The van der Waals surface area contributed by atoms with Crippen LogP contribution in [0.5, 0.6) is 0 Å². The summed E-state index contributed by atoms with van der Waals surface area (Å²) in [5.41, 5.74) is 9.27. The fraction of sp³-hybridized carbons (Fsp3) is 0.231. The number of hydrogen-bond donors (Lipinski definition) is 3. The van der Waals surface area contributed by atoms with E-state index in [-0.39, 0.29) is 5.91 Å². The Bertz CT molecular complexity index is 617. The van der Waals surface area contributed by atoms with Gasteiger partial charge in [0.05, 0.1) is 22.6 Å². The van der Waals surface area contributed by atoms with Gasteiger partial charge in [-0.2, -0.15) is 5.10 Å².